The Balaban J connectivity index is 0.000000160. The first kappa shape index (κ1) is 14.6. The van der Waals surface area contributed by atoms with E-state index in [1.165, 1.54) is 11.1 Å². The van der Waals surface area contributed by atoms with Gasteiger partial charge in [-0.15, -0.1) is 12.6 Å². The van der Waals surface area contributed by atoms with E-state index in [4.69, 9.17) is 5.73 Å². The smallest absolute Gasteiger partial charge is 0.111 e. The van der Waals surface area contributed by atoms with Gasteiger partial charge in [-0.3, -0.25) is 0 Å². The fourth-order valence-electron chi connectivity index (χ4n) is 3.33. The zero-order valence-corrected chi connectivity index (χ0v) is 13.2. The summed E-state index contributed by atoms with van der Waals surface area (Å²) in [6.45, 7) is 2.03. The van der Waals surface area contributed by atoms with Crippen molar-refractivity contribution in [1.29, 1.82) is 0 Å². The Kier molecular flexibility index (Phi) is 4.06. The number of hydrogen-bond acceptors (Lipinski definition) is 4. The predicted molar refractivity (Wildman–Crippen MR) is 87.8 cm³/mol. The maximum absolute atomic E-state index is 6.42. The van der Waals surface area contributed by atoms with Crippen molar-refractivity contribution < 1.29 is 0 Å². The first-order valence-electron chi connectivity index (χ1n) is 7.33. The van der Waals surface area contributed by atoms with E-state index in [2.05, 4.69) is 47.2 Å². The molecule has 2 unspecified atom stereocenters. The van der Waals surface area contributed by atoms with Crippen LogP contribution in [0.3, 0.4) is 0 Å². The number of rotatable bonds is 0. The highest BCUT2D eigenvalue weighted by atomic mass is 32.1. The molecule has 2 atom stereocenters. The fourth-order valence-corrected chi connectivity index (χ4v) is 3.56. The SMILES string of the molecule is Cn1cnc(S)c1.NC12CCc3ccccc3C1CNC2. The summed E-state index contributed by atoms with van der Waals surface area (Å²) in [6.07, 6.45) is 5.82. The molecule has 5 heteroatoms. The third-order valence-electron chi connectivity index (χ3n) is 4.48. The van der Waals surface area contributed by atoms with E-state index in [9.17, 15) is 0 Å². The molecular formula is C16H22N4S. The van der Waals surface area contributed by atoms with Gasteiger partial charge in [-0.1, -0.05) is 24.3 Å². The van der Waals surface area contributed by atoms with E-state index in [0.29, 0.717) is 5.92 Å². The van der Waals surface area contributed by atoms with E-state index in [-0.39, 0.29) is 5.54 Å². The van der Waals surface area contributed by atoms with E-state index < -0.39 is 0 Å². The van der Waals surface area contributed by atoms with Gasteiger partial charge in [0.1, 0.15) is 5.03 Å². The van der Waals surface area contributed by atoms with Crippen LogP contribution >= 0.6 is 12.6 Å². The lowest BCUT2D eigenvalue weighted by molar-refractivity contribution is 0.368. The minimum atomic E-state index is 0.0222. The molecule has 4 nitrogen and oxygen atoms in total. The van der Waals surface area contributed by atoms with Crippen LogP contribution in [0.1, 0.15) is 23.5 Å². The van der Waals surface area contributed by atoms with Crippen LogP contribution in [0, 0.1) is 0 Å². The molecule has 0 bridgehead atoms. The number of aromatic nitrogens is 2. The van der Waals surface area contributed by atoms with Gasteiger partial charge in [0.25, 0.3) is 0 Å². The number of aryl methyl sites for hydroxylation is 2. The Hall–Kier alpha value is -1.30. The summed E-state index contributed by atoms with van der Waals surface area (Å²) in [5, 5.41) is 4.19. The van der Waals surface area contributed by atoms with E-state index in [1.54, 1.807) is 6.33 Å². The lowest BCUT2D eigenvalue weighted by atomic mass is 9.72. The highest BCUT2D eigenvalue weighted by Crippen LogP contribution is 2.39. The van der Waals surface area contributed by atoms with E-state index in [1.807, 2.05) is 17.8 Å². The third kappa shape index (κ3) is 3.00. The number of thiol groups is 1. The molecule has 2 aliphatic rings. The number of imidazole rings is 1. The van der Waals surface area contributed by atoms with Crippen molar-refractivity contribution in [1.82, 2.24) is 14.9 Å². The van der Waals surface area contributed by atoms with Crippen molar-refractivity contribution in [3.05, 3.63) is 47.9 Å². The Morgan fingerprint density at radius 2 is 2.24 bits per heavy atom. The lowest BCUT2D eigenvalue weighted by Crippen LogP contribution is -2.48. The molecule has 0 saturated carbocycles. The van der Waals surface area contributed by atoms with Crippen LogP contribution in [-0.4, -0.2) is 28.2 Å². The highest BCUT2D eigenvalue weighted by Gasteiger charge is 2.43. The molecule has 21 heavy (non-hydrogen) atoms. The second-order valence-corrected chi connectivity index (χ2v) is 6.47. The van der Waals surface area contributed by atoms with E-state index in [0.717, 1.165) is 31.0 Å². The summed E-state index contributed by atoms with van der Waals surface area (Å²) in [7, 11) is 1.91. The lowest BCUT2D eigenvalue weighted by Gasteiger charge is -2.36. The van der Waals surface area contributed by atoms with Crippen LogP contribution < -0.4 is 11.1 Å². The molecule has 0 spiro atoms. The first-order chi connectivity index (χ1) is 10.1. The molecule has 4 rings (SSSR count). The van der Waals surface area contributed by atoms with Gasteiger partial charge in [0.05, 0.1) is 6.33 Å². The van der Waals surface area contributed by atoms with Gasteiger partial charge in [0.15, 0.2) is 0 Å². The molecule has 0 amide bonds. The Morgan fingerprint density at radius 3 is 2.90 bits per heavy atom. The number of nitrogens with two attached hydrogens (primary N) is 1. The molecule has 2 heterocycles. The quantitative estimate of drug-likeness (QED) is 0.650. The second kappa shape index (κ2) is 5.83. The first-order valence-corrected chi connectivity index (χ1v) is 7.77. The maximum Gasteiger partial charge on any atom is 0.111 e. The zero-order valence-electron chi connectivity index (χ0n) is 12.3. The van der Waals surface area contributed by atoms with Crippen LogP contribution in [0.25, 0.3) is 0 Å². The maximum atomic E-state index is 6.42. The summed E-state index contributed by atoms with van der Waals surface area (Å²) in [5.41, 5.74) is 9.42. The summed E-state index contributed by atoms with van der Waals surface area (Å²) < 4.78 is 1.85. The Bertz CT molecular complexity index is 608. The van der Waals surface area contributed by atoms with Gasteiger partial charge in [-0.25, -0.2) is 4.98 Å². The largest absolute Gasteiger partial charge is 0.339 e. The van der Waals surface area contributed by atoms with Crippen LogP contribution in [0.2, 0.25) is 0 Å². The average molecular weight is 302 g/mol. The van der Waals surface area contributed by atoms with Crippen LogP contribution in [0.15, 0.2) is 41.8 Å². The summed E-state index contributed by atoms with van der Waals surface area (Å²) in [6, 6.07) is 8.74. The van der Waals surface area contributed by atoms with Crippen molar-refractivity contribution >= 4 is 12.6 Å². The van der Waals surface area contributed by atoms with Gasteiger partial charge in [0, 0.05) is 37.8 Å². The monoisotopic (exact) mass is 302 g/mol. The molecule has 1 aromatic carbocycles. The van der Waals surface area contributed by atoms with Crippen LogP contribution in [0.4, 0.5) is 0 Å². The number of fused-ring (bicyclic) bond motifs is 3. The van der Waals surface area contributed by atoms with Crippen molar-refractivity contribution in [3.8, 4) is 0 Å². The van der Waals surface area contributed by atoms with Crippen LogP contribution in [0.5, 0.6) is 0 Å². The molecule has 1 aliphatic carbocycles. The van der Waals surface area contributed by atoms with Crippen molar-refractivity contribution in [2.75, 3.05) is 13.1 Å². The number of nitrogens with one attached hydrogen (secondary N) is 1. The van der Waals surface area contributed by atoms with Gasteiger partial charge in [-0.2, -0.15) is 0 Å². The van der Waals surface area contributed by atoms with Gasteiger partial charge in [-0.05, 0) is 24.0 Å². The Labute approximate surface area is 131 Å². The summed E-state index contributed by atoms with van der Waals surface area (Å²) >= 11 is 3.97. The van der Waals surface area contributed by atoms with Gasteiger partial charge >= 0.3 is 0 Å². The number of benzene rings is 1. The zero-order chi connectivity index (χ0) is 14.9. The predicted octanol–water partition coefficient (Wildman–Crippen LogP) is 1.73. The molecule has 1 fully saturated rings. The van der Waals surface area contributed by atoms with E-state index >= 15 is 0 Å². The van der Waals surface area contributed by atoms with Crippen molar-refractivity contribution in [3.63, 3.8) is 0 Å². The Morgan fingerprint density at radius 1 is 1.43 bits per heavy atom. The van der Waals surface area contributed by atoms with Crippen molar-refractivity contribution in [2.45, 2.75) is 29.3 Å². The normalized spacial score (nSPS) is 26.5. The average Bonchev–Trinajstić information content (AvgIpc) is 3.05. The molecule has 1 aromatic heterocycles. The van der Waals surface area contributed by atoms with Crippen LogP contribution in [-0.2, 0) is 13.5 Å². The molecular weight excluding hydrogens is 280 g/mol. The molecule has 1 aliphatic heterocycles. The molecule has 0 radical (unpaired) electrons. The summed E-state index contributed by atoms with van der Waals surface area (Å²) in [4.78, 5) is 3.84. The van der Waals surface area contributed by atoms with Gasteiger partial charge < -0.3 is 15.6 Å². The molecule has 3 N–H and O–H groups in total. The number of hydrogen-bond donors (Lipinski definition) is 3. The fraction of sp³-hybridized carbons (Fsp3) is 0.438. The summed E-state index contributed by atoms with van der Waals surface area (Å²) in [5.74, 6) is 0.535. The van der Waals surface area contributed by atoms with Gasteiger partial charge in [0.2, 0.25) is 0 Å². The molecule has 2 aromatic rings. The van der Waals surface area contributed by atoms with Crippen molar-refractivity contribution in [2.24, 2.45) is 12.8 Å². The highest BCUT2D eigenvalue weighted by molar-refractivity contribution is 7.80. The topological polar surface area (TPSA) is 55.9 Å². The second-order valence-electron chi connectivity index (χ2n) is 6.01. The molecule has 112 valence electrons. The minimum absolute atomic E-state index is 0.0222. The standard InChI is InChI=1S/C12H16N2.C4H6N2S/c13-12-6-5-9-3-1-2-4-10(9)11(12)7-14-8-12;1-6-2-4(7)5-3-6/h1-4,11,14H,5-8,13H2;2-3,7H,1H3. The minimum Gasteiger partial charge on any atom is -0.339 e. The number of nitrogens with zero attached hydrogens (tertiary/aromatic N) is 2. The molecule has 1 saturated heterocycles. The third-order valence-corrected chi connectivity index (χ3v) is 4.71.